The van der Waals surface area contributed by atoms with Gasteiger partial charge in [0.1, 0.15) is 0 Å². The predicted molar refractivity (Wildman–Crippen MR) is 103 cm³/mol. The fourth-order valence-corrected chi connectivity index (χ4v) is 3.00. The number of nitrogens with zero attached hydrogens (tertiary/aromatic N) is 3. The second-order valence-electron chi connectivity index (χ2n) is 5.75. The molecule has 0 spiro atoms. The second-order valence-corrected chi connectivity index (χ2v) is 6.67. The van der Waals surface area contributed by atoms with E-state index in [1.165, 1.54) is 0 Å². The van der Waals surface area contributed by atoms with Crippen LogP contribution in [-0.2, 0) is 4.79 Å². The van der Waals surface area contributed by atoms with Crippen molar-refractivity contribution in [3.05, 3.63) is 58.7 Å². The highest BCUT2D eigenvalue weighted by molar-refractivity contribution is 9.10. The summed E-state index contributed by atoms with van der Waals surface area (Å²) in [6.07, 6.45) is 5.25. The molecule has 3 rings (SSSR count). The molecule has 1 fully saturated rings. The first-order valence-corrected chi connectivity index (χ1v) is 8.92. The van der Waals surface area contributed by atoms with E-state index in [0.29, 0.717) is 19.0 Å². The van der Waals surface area contributed by atoms with E-state index < -0.39 is 0 Å². The number of ether oxygens (including phenoxy) is 1. The number of amides is 1. The van der Waals surface area contributed by atoms with Crippen molar-refractivity contribution in [3.8, 4) is 5.88 Å². The molecular weight excluding hydrogens is 382 g/mol. The van der Waals surface area contributed by atoms with Crippen LogP contribution in [0.25, 0.3) is 6.08 Å². The molecule has 0 aliphatic carbocycles. The lowest BCUT2D eigenvalue weighted by Gasteiger charge is -2.35. The maximum atomic E-state index is 12.4. The molecule has 0 unspecified atom stereocenters. The molecule has 0 bridgehead atoms. The summed E-state index contributed by atoms with van der Waals surface area (Å²) in [4.78, 5) is 20.6. The Bertz CT molecular complexity index is 754. The van der Waals surface area contributed by atoms with Crippen LogP contribution in [0.1, 0.15) is 5.56 Å². The van der Waals surface area contributed by atoms with Gasteiger partial charge in [0.2, 0.25) is 11.8 Å². The zero-order valence-corrected chi connectivity index (χ0v) is 15.6. The molecular formula is C19H20BrN3O2. The molecule has 25 heavy (non-hydrogen) atoms. The number of aromatic nitrogens is 1. The molecule has 0 radical (unpaired) electrons. The fourth-order valence-electron chi connectivity index (χ4n) is 2.74. The summed E-state index contributed by atoms with van der Waals surface area (Å²) >= 11 is 3.41. The third-order valence-electron chi connectivity index (χ3n) is 4.17. The molecule has 0 N–H and O–H groups in total. The number of piperazine rings is 1. The zero-order valence-electron chi connectivity index (χ0n) is 14.1. The summed E-state index contributed by atoms with van der Waals surface area (Å²) in [5.41, 5.74) is 2.09. The van der Waals surface area contributed by atoms with Crippen molar-refractivity contribution in [2.24, 2.45) is 0 Å². The lowest BCUT2D eigenvalue weighted by atomic mass is 10.2. The summed E-state index contributed by atoms with van der Waals surface area (Å²) in [5.74, 6) is 0.656. The summed E-state index contributed by atoms with van der Waals surface area (Å²) in [6.45, 7) is 3.00. The van der Waals surface area contributed by atoms with E-state index in [1.54, 1.807) is 19.4 Å². The number of methoxy groups -OCH3 is 1. The predicted octanol–water partition coefficient (Wildman–Crippen LogP) is 3.21. The Balaban J connectivity index is 1.56. The number of hydrogen-bond donors (Lipinski definition) is 0. The van der Waals surface area contributed by atoms with Crippen LogP contribution in [-0.4, -0.2) is 49.1 Å². The van der Waals surface area contributed by atoms with Gasteiger partial charge in [-0.3, -0.25) is 4.79 Å². The molecule has 1 saturated heterocycles. The average Bonchev–Trinajstić information content (AvgIpc) is 2.67. The SMILES string of the molecule is COc1cc(N2CCN(C(=O)/C=C/c3ccc(Br)cc3)CC2)ccn1. The van der Waals surface area contributed by atoms with Gasteiger partial charge in [0.05, 0.1) is 7.11 Å². The van der Waals surface area contributed by atoms with E-state index in [9.17, 15) is 4.79 Å². The molecule has 1 amide bonds. The van der Waals surface area contributed by atoms with Crippen LogP contribution in [0.2, 0.25) is 0 Å². The normalized spacial score (nSPS) is 14.8. The first kappa shape index (κ1) is 17.5. The van der Waals surface area contributed by atoms with Crippen LogP contribution in [0.5, 0.6) is 5.88 Å². The highest BCUT2D eigenvalue weighted by Crippen LogP contribution is 2.20. The second kappa shape index (κ2) is 8.16. The minimum atomic E-state index is 0.0508. The standard InChI is InChI=1S/C19H20BrN3O2/c1-25-18-14-17(8-9-21-18)22-10-12-23(13-11-22)19(24)7-4-15-2-5-16(20)6-3-15/h2-9,14H,10-13H2,1H3/b7-4+. The van der Waals surface area contributed by atoms with Crippen molar-refractivity contribution in [3.63, 3.8) is 0 Å². The van der Waals surface area contributed by atoms with Gasteiger partial charge in [0, 0.05) is 54.7 Å². The van der Waals surface area contributed by atoms with E-state index in [4.69, 9.17) is 4.74 Å². The quantitative estimate of drug-likeness (QED) is 0.737. The number of rotatable bonds is 4. The zero-order chi connectivity index (χ0) is 17.6. The molecule has 1 aliphatic heterocycles. The lowest BCUT2D eigenvalue weighted by Crippen LogP contribution is -2.48. The van der Waals surface area contributed by atoms with Crippen molar-refractivity contribution in [1.29, 1.82) is 0 Å². The van der Waals surface area contributed by atoms with Crippen LogP contribution in [0.4, 0.5) is 5.69 Å². The number of anilines is 1. The topological polar surface area (TPSA) is 45.7 Å². The summed E-state index contributed by atoms with van der Waals surface area (Å²) < 4.78 is 6.20. The number of carbonyl (C=O) groups excluding carboxylic acids is 1. The molecule has 5 nitrogen and oxygen atoms in total. The minimum absolute atomic E-state index is 0.0508. The highest BCUT2D eigenvalue weighted by Gasteiger charge is 2.20. The monoisotopic (exact) mass is 401 g/mol. The van der Waals surface area contributed by atoms with E-state index >= 15 is 0 Å². The van der Waals surface area contributed by atoms with Crippen molar-refractivity contribution in [1.82, 2.24) is 9.88 Å². The van der Waals surface area contributed by atoms with Gasteiger partial charge >= 0.3 is 0 Å². The molecule has 1 aromatic carbocycles. The first-order valence-electron chi connectivity index (χ1n) is 8.13. The maximum Gasteiger partial charge on any atom is 0.246 e. The van der Waals surface area contributed by atoms with Crippen LogP contribution < -0.4 is 9.64 Å². The smallest absolute Gasteiger partial charge is 0.246 e. The van der Waals surface area contributed by atoms with E-state index in [2.05, 4.69) is 25.8 Å². The van der Waals surface area contributed by atoms with Crippen molar-refractivity contribution in [2.45, 2.75) is 0 Å². The van der Waals surface area contributed by atoms with Crippen molar-refractivity contribution < 1.29 is 9.53 Å². The number of pyridine rings is 1. The van der Waals surface area contributed by atoms with Gasteiger partial charge in [-0.2, -0.15) is 0 Å². The molecule has 1 aliphatic rings. The first-order chi connectivity index (χ1) is 12.2. The van der Waals surface area contributed by atoms with Crippen molar-refractivity contribution >= 4 is 33.6 Å². The van der Waals surface area contributed by atoms with E-state index in [1.807, 2.05) is 47.4 Å². The van der Waals surface area contributed by atoms with Gasteiger partial charge in [-0.15, -0.1) is 0 Å². The summed E-state index contributed by atoms with van der Waals surface area (Å²) in [5, 5.41) is 0. The van der Waals surface area contributed by atoms with Crippen LogP contribution >= 0.6 is 15.9 Å². The van der Waals surface area contributed by atoms with Gasteiger partial charge < -0.3 is 14.5 Å². The Morgan fingerprint density at radius 2 is 1.88 bits per heavy atom. The Kier molecular flexibility index (Phi) is 5.71. The van der Waals surface area contributed by atoms with Crippen LogP contribution in [0.15, 0.2) is 53.1 Å². The van der Waals surface area contributed by atoms with Crippen LogP contribution in [0.3, 0.4) is 0 Å². The largest absolute Gasteiger partial charge is 0.481 e. The van der Waals surface area contributed by atoms with E-state index in [0.717, 1.165) is 28.8 Å². The highest BCUT2D eigenvalue weighted by atomic mass is 79.9. The number of benzene rings is 1. The Hall–Kier alpha value is -2.34. The van der Waals surface area contributed by atoms with Gasteiger partial charge in [0.25, 0.3) is 0 Å². The number of halogens is 1. The number of hydrogen-bond acceptors (Lipinski definition) is 4. The van der Waals surface area contributed by atoms with Crippen LogP contribution in [0, 0.1) is 0 Å². The van der Waals surface area contributed by atoms with E-state index in [-0.39, 0.29) is 5.91 Å². The Morgan fingerprint density at radius 1 is 1.16 bits per heavy atom. The summed E-state index contributed by atoms with van der Waals surface area (Å²) in [6, 6.07) is 11.8. The summed E-state index contributed by atoms with van der Waals surface area (Å²) in [7, 11) is 1.61. The van der Waals surface area contributed by atoms with Gasteiger partial charge in [-0.1, -0.05) is 28.1 Å². The lowest BCUT2D eigenvalue weighted by molar-refractivity contribution is -0.126. The average molecular weight is 402 g/mol. The Labute approximate surface area is 156 Å². The number of carbonyl (C=O) groups is 1. The molecule has 0 saturated carbocycles. The van der Waals surface area contributed by atoms with Gasteiger partial charge in [-0.25, -0.2) is 4.98 Å². The maximum absolute atomic E-state index is 12.4. The molecule has 2 aromatic rings. The molecule has 0 atom stereocenters. The molecule has 2 heterocycles. The molecule has 1 aromatic heterocycles. The third kappa shape index (κ3) is 4.60. The third-order valence-corrected chi connectivity index (χ3v) is 4.70. The van der Waals surface area contributed by atoms with Crippen molar-refractivity contribution in [2.75, 3.05) is 38.2 Å². The molecule has 6 heteroatoms. The fraction of sp³-hybridized carbons (Fsp3) is 0.263. The van der Waals surface area contributed by atoms with Gasteiger partial charge in [0.15, 0.2) is 0 Å². The Morgan fingerprint density at radius 3 is 2.56 bits per heavy atom. The minimum Gasteiger partial charge on any atom is -0.481 e. The van der Waals surface area contributed by atoms with Gasteiger partial charge in [-0.05, 0) is 29.8 Å². The molecule has 130 valence electrons.